The summed E-state index contributed by atoms with van der Waals surface area (Å²) in [5, 5.41) is 11.6. The molecule has 1 aliphatic rings. The van der Waals surface area contributed by atoms with E-state index in [1.54, 1.807) is 36.7 Å². The predicted octanol–water partition coefficient (Wildman–Crippen LogP) is 3.18. The van der Waals surface area contributed by atoms with Gasteiger partial charge in [0.2, 0.25) is 5.91 Å². The minimum absolute atomic E-state index is 0.00964. The number of anilines is 2. The molecule has 1 amide bonds. The summed E-state index contributed by atoms with van der Waals surface area (Å²) in [5.41, 5.74) is 2.89. The third-order valence-electron chi connectivity index (χ3n) is 5.39. The number of pyridine rings is 1. The quantitative estimate of drug-likeness (QED) is 0.637. The van der Waals surface area contributed by atoms with E-state index in [1.807, 2.05) is 24.3 Å². The number of hydrogen-bond donors (Lipinski definition) is 1. The van der Waals surface area contributed by atoms with Crippen LogP contribution in [0.2, 0.25) is 0 Å². The van der Waals surface area contributed by atoms with Gasteiger partial charge in [-0.05, 0) is 61.4 Å². The maximum atomic E-state index is 12.6. The predicted molar refractivity (Wildman–Crippen MR) is 117 cm³/mol. The Hall–Kier alpha value is -3.81. The van der Waals surface area contributed by atoms with Gasteiger partial charge in [-0.1, -0.05) is 0 Å². The number of carbonyl (C=O) groups excluding carboxylic acids is 2. The molecule has 0 bridgehead atoms. The standard InChI is InChI=1S/C23H23N5O3/c1-31-23(30)18-2-4-19(5-3-18)25-22(29)17-10-14-28(15-11-17)21-7-6-20(26-27-21)16-8-12-24-13-9-16/h2-9,12-13,17H,10-11,14-15H2,1H3,(H,25,29). The molecule has 1 aliphatic heterocycles. The Morgan fingerprint density at radius 2 is 1.68 bits per heavy atom. The van der Waals surface area contributed by atoms with Gasteiger partial charge >= 0.3 is 5.97 Å². The summed E-state index contributed by atoms with van der Waals surface area (Å²) in [6.07, 6.45) is 4.93. The first-order valence-electron chi connectivity index (χ1n) is 10.1. The van der Waals surface area contributed by atoms with E-state index in [2.05, 4.69) is 30.1 Å². The number of methoxy groups -OCH3 is 1. The van der Waals surface area contributed by atoms with Gasteiger partial charge in [0.05, 0.1) is 18.4 Å². The number of ether oxygens (including phenoxy) is 1. The van der Waals surface area contributed by atoms with Crippen LogP contribution in [0.5, 0.6) is 0 Å². The lowest BCUT2D eigenvalue weighted by Gasteiger charge is -2.31. The van der Waals surface area contributed by atoms with Crippen molar-refractivity contribution in [3.8, 4) is 11.3 Å². The van der Waals surface area contributed by atoms with Crippen LogP contribution in [0.4, 0.5) is 11.5 Å². The van der Waals surface area contributed by atoms with Gasteiger partial charge in [-0.15, -0.1) is 10.2 Å². The zero-order chi connectivity index (χ0) is 21.6. The van der Waals surface area contributed by atoms with E-state index >= 15 is 0 Å². The highest BCUT2D eigenvalue weighted by molar-refractivity contribution is 5.94. The molecule has 1 N–H and O–H groups in total. The molecule has 8 nitrogen and oxygen atoms in total. The van der Waals surface area contributed by atoms with Crippen LogP contribution in [-0.4, -0.2) is 47.3 Å². The van der Waals surface area contributed by atoms with E-state index in [1.165, 1.54) is 7.11 Å². The minimum atomic E-state index is -0.401. The smallest absolute Gasteiger partial charge is 0.337 e. The van der Waals surface area contributed by atoms with E-state index in [4.69, 9.17) is 0 Å². The molecule has 0 radical (unpaired) electrons. The second-order valence-corrected chi connectivity index (χ2v) is 7.33. The molecule has 8 heteroatoms. The third kappa shape index (κ3) is 4.85. The molecule has 1 saturated heterocycles. The van der Waals surface area contributed by atoms with Crippen molar-refractivity contribution < 1.29 is 14.3 Å². The fourth-order valence-electron chi connectivity index (χ4n) is 3.59. The summed E-state index contributed by atoms with van der Waals surface area (Å²) in [4.78, 5) is 30.3. The van der Waals surface area contributed by atoms with Crippen molar-refractivity contribution in [1.29, 1.82) is 0 Å². The van der Waals surface area contributed by atoms with Crippen molar-refractivity contribution in [2.45, 2.75) is 12.8 Å². The summed E-state index contributed by atoms with van der Waals surface area (Å²) in [6, 6.07) is 14.4. The number of piperidine rings is 1. The van der Waals surface area contributed by atoms with E-state index in [0.29, 0.717) is 11.3 Å². The van der Waals surface area contributed by atoms with Gasteiger partial charge < -0.3 is 15.0 Å². The summed E-state index contributed by atoms with van der Waals surface area (Å²) >= 11 is 0. The Bertz CT molecular complexity index is 1030. The molecule has 31 heavy (non-hydrogen) atoms. The largest absolute Gasteiger partial charge is 0.465 e. The van der Waals surface area contributed by atoms with Crippen LogP contribution in [0.3, 0.4) is 0 Å². The Morgan fingerprint density at radius 1 is 0.968 bits per heavy atom. The first kappa shape index (κ1) is 20.5. The van der Waals surface area contributed by atoms with Crippen LogP contribution >= 0.6 is 0 Å². The number of benzene rings is 1. The molecule has 4 rings (SSSR count). The second kappa shape index (κ2) is 9.34. The highest BCUT2D eigenvalue weighted by Gasteiger charge is 2.26. The number of hydrogen-bond acceptors (Lipinski definition) is 7. The molecule has 1 aromatic carbocycles. The average Bonchev–Trinajstić information content (AvgIpc) is 2.85. The van der Waals surface area contributed by atoms with Crippen molar-refractivity contribution in [3.63, 3.8) is 0 Å². The first-order chi connectivity index (χ1) is 15.1. The van der Waals surface area contributed by atoms with Crippen molar-refractivity contribution in [3.05, 3.63) is 66.5 Å². The highest BCUT2D eigenvalue weighted by Crippen LogP contribution is 2.24. The molecule has 3 aromatic rings. The van der Waals surface area contributed by atoms with Gasteiger partial charge in [-0.25, -0.2) is 4.79 Å². The van der Waals surface area contributed by atoms with Crippen LogP contribution in [-0.2, 0) is 9.53 Å². The molecule has 1 fully saturated rings. The molecule has 2 aromatic heterocycles. The van der Waals surface area contributed by atoms with Crippen LogP contribution < -0.4 is 10.2 Å². The summed E-state index contributed by atoms with van der Waals surface area (Å²) < 4.78 is 4.68. The lowest BCUT2D eigenvalue weighted by atomic mass is 9.95. The summed E-state index contributed by atoms with van der Waals surface area (Å²) in [5.74, 6) is 0.336. The molecule has 0 aliphatic carbocycles. The minimum Gasteiger partial charge on any atom is -0.465 e. The number of esters is 1. The maximum absolute atomic E-state index is 12.6. The molecule has 0 saturated carbocycles. The number of carbonyl (C=O) groups is 2. The number of nitrogens with one attached hydrogen (secondary N) is 1. The van der Waals surface area contributed by atoms with Gasteiger partial charge in [0.25, 0.3) is 0 Å². The first-order valence-corrected chi connectivity index (χ1v) is 10.1. The van der Waals surface area contributed by atoms with Crippen LogP contribution in [0.1, 0.15) is 23.2 Å². The van der Waals surface area contributed by atoms with E-state index in [-0.39, 0.29) is 11.8 Å². The Morgan fingerprint density at radius 3 is 2.29 bits per heavy atom. The van der Waals surface area contributed by atoms with Crippen LogP contribution in [0, 0.1) is 5.92 Å². The zero-order valence-electron chi connectivity index (χ0n) is 17.2. The third-order valence-corrected chi connectivity index (χ3v) is 5.39. The zero-order valence-corrected chi connectivity index (χ0v) is 17.2. The van der Waals surface area contributed by atoms with Crippen molar-refractivity contribution in [2.75, 3.05) is 30.4 Å². The normalized spacial score (nSPS) is 14.2. The van der Waals surface area contributed by atoms with Gasteiger partial charge in [-0.3, -0.25) is 9.78 Å². The van der Waals surface area contributed by atoms with Crippen molar-refractivity contribution in [2.24, 2.45) is 5.92 Å². The van der Waals surface area contributed by atoms with Gasteiger partial charge in [-0.2, -0.15) is 0 Å². The fraction of sp³-hybridized carbons (Fsp3) is 0.261. The highest BCUT2D eigenvalue weighted by atomic mass is 16.5. The monoisotopic (exact) mass is 417 g/mol. The molecule has 0 spiro atoms. The second-order valence-electron chi connectivity index (χ2n) is 7.33. The summed E-state index contributed by atoms with van der Waals surface area (Å²) in [6.45, 7) is 1.48. The van der Waals surface area contributed by atoms with Gasteiger partial charge in [0.1, 0.15) is 0 Å². The molecule has 0 atom stereocenters. The molecular weight excluding hydrogens is 394 g/mol. The summed E-state index contributed by atoms with van der Waals surface area (Å²) in [7, 11) is 1.34. The number of amides is 1. The number of aromatic nitrogens is 3. The number of rotatable bonds is 5. The Labute approximate surface area is 180 Å². The van der Waals surface area contributed by atoms with Crippen LogP contribution in [0.25, 0.3) is 11.3 Å². The van der Waals surface area contributed by atoms with Crippen molar-refractivity contribution >= 4 is 23.4 Å². The average molecular weight is 417 g/mol. The Kier molecular flexibility index (Phi) is 6.16. The molecule has 158 valence electrons. The maximum Gasteiger partial charge on any atom is 0.337 e. The van der Waals surface area contributed by atoms with Gasteiger partial charge in [0.15, 0.2) is 5.82 Å². The fourth-order valence-corrected chi connectivity index (χ4v) is 3.59. The van der Waals surface area contributed by atoms with E-state index < -0.39 is 5.97 Å². The van der Waals surface area contributed by atoms with E-state index in [9.17, 15) is 9.59 Å². The topological polar surface area (TPSA) is 97.3 Å². The molecular formula is C23H23N5O3. The molecule has 0 unspecified atom stereocenters. The SMILES string of the molecule is COC(=O)c1ccc(NC(=O)C2CCN(c3ccc(-c4ccncc4)nn3)CC2)cc1. The lowest BCUT2D eigenvalue weighted by molar-refractivity contribution is -0.120. The molecule has 3 heterocycles. The number of nitrogens with zero attached hydrogens (tertiary/aromatic N) is 4. The Balaban J connectivity index is 1.31. The van der Waals surface area contributed by atoms with Gasteiger partial charge in [0, 0.05) is 42.7 Å². The van der Waals surface area contributed by atoms with E-state index in [0.717, 1.165) is 43.0 Å². The lowest BCUT2D eigenvalue weighted by Crippen LogP contribution is -2.38. The van der Waals surface area contributed by atoms with Crippen LogP contribution in [0.15, 0.2) is 60.9 Å². The van der Waals surface area contributed by atoms with Crippen molar-refractivity contribution in [1.82, 2.24) is 15.2 Å².